The number of hydrogen-bond donors (Lipinski definition) is 2. The lowest BCUT2D eigenvalue weighted by Gasteiger charge is -2.31. The molecule has 3 amide bonds. The minimum atomic E-state index is -0.547. The highest BCUT2D eigenvalue weighted by atomic mass is 16.2. The minimum Gasteiger partial charge on any atom is -0.370 e. The molecule has 3 heterocycles. The van der Waals surface area contributed by atoms with E-state index in [1.165, 1.54) is 12.8 Å². The molecule has 148 valence electrons. The van der Waals surface area contributed by atoms with E-state index in [1.54, 1.807) is 9.58 Å². The molecule has 0 radical (unpaired) electrons. The maximum atomic E-state index is 12.8. The number of benzene rings is 1. The van der Waals surface area contributed by atoms with Crippen molar-refractivity contribution in [3.05, 3.63) is 36.5 Å². The number of hydrogen-bond acceptors (Lipinski definition) is 4. The standard InChI is InChI=1S/C20H26N6O2/c1-24-14-10-18(23-24)26-13-6-8-16(19(26)27)22-20(28)21-15-7-2-3-9-17(15)25-11-4-5-12-25/h2-3,7,9-10,14,16H,4-6,8,11-13H2,1H3,(H2,21,22,28). The highest BCUT2D eigenvalue weighted by Gasteiger charge is 2.32. The second-order valence-electron chi connectivity index (χ2n) is 7.34. The molecule has 8 heteroatoms. The van der Waals surface area contributed by atoms with Gasteiger partial charge in [0.05, 0.1) is 11.4 Å². The number of carbonyl (C=O) groups excluding carboxylic acids is 2. The molecule has 4 rings (SSSR count). The summed E-state index contributed by atoms with van der Waals surface area (Å²) in [5.74, 6) is 0.506. The Morgan fingerprint density at radius 2 is 1.89 bits per heavy atom. The third-order valence-electron chi connectivity index (χ3n) is 5.32. The number of aromatic nitrogens is 2. The first-order valence-corrected chi connectivity index (χ1v) is 9.84. The molecule has 8 nitrogen and oxygen atoms in total. The number of nitrogens with one attached hydrogen (secondary N) is 2. The maximum Gasteiger partial charge on any atom is 0.319 e. The van der Waals surface area contributed by atoms with Crippen molar-refractivity contribution in [2.75, 3.05) is 34.8 Å². The number of amides is 3. The van der Waals surface area contributed by atoms with Gasteiger partial charge in [-0.25, -0.2) is 4.79 Å². The molecular formula is C20H26N6O2. The van der Waals surface area contributed by atoms with E-state index in [0.29, 0.717) is 18.8 Å². The van der Waals surface area contributed by atoms with Crippen molar-refractivity contribution >= 4 is 29.1 Å². The van der Waals surface area contributed by atoms with E-state index in [-0.39, 0.29) is 11.9 Å². The van der Waals surface area contributed by atoms with Gasteiger partial charge >= 0.3 is 6.03 Å². The summed E-state index contributed by atoms with van der Waals surface area (Å²) in [5.41, 5.74) is 1.80. The molecule has 2 aliphatic rings. The van der Waals surface area contributed by atoms with Gasteiger partial charge in [0.2, 0.25) is 0 Å². The van der Waals surface area contributed by atoms with Crippen molar-refractivity contribution in [1.82, 2.24) is 15.1 Å². The summed E-state index contributed by atoms with van der Waals surface area (Å²) in [6.07, 6.45) is 5.59. The molecule has 0 spiro atoms. The minimum absolute atomic E-state index is 0.118. The fraction of sp³-hybridized carbons (Fsp3) is 0.450. The van der Waals surface area contributed by atoms with Crippen molar-refractivity contribution in [2.45, 2.75) is 31.7 Å². The van der Waals surface area contributed by atoms with Crippen molar-refractivity contribution in [2.24, 2.45) is 7.05 Å². The Labute approximate surface area is 164 Å². The van der Waals surface area contributed by atoms with E-state index in [1.807, 2.05) is 43.6 Å². The SMILES string of the molecule is Cn1ccc(N2CCCC(NC(=O)Nc3ccccc3N3CCCC3)C2=O)n1. The molecular weight excluding hydrogens is 356 g/mol. The highest BCUT2D eigenvalue weighted by molar-refractivity contribution is 6.01. The van der Waals surface area contributed by atoms with Crippen molar-refractivity contribution in [3.63, 3.8) is 0 Å². The lowest BCUT2D eigenvalue weighted by molar-refractivity contribution is -0.121. The average molecular weight is 382 g/mol. The lowest BCUT2D eigenvalue weighted by Crippen LogP contribution is -2.53. The first-order chi connectivity index (χ1) is 13.6. The van der Waals surface area contributed by atoms with E-state index in [9.17, 15) is 9.59 Å². The first kappa shape index (κ1) is 18.3. The van der Waals surface area contributed by atoms with Gasteiger partial charge in [0, 0.05) is 38.9 Å². The summed E-state index contributed by atoms with van der Waals surface area (Å²) in [5, 5.41) is 10.1. The number of urea groups is 1. The Balaban J connectivity index is 1.42. The van der Waals surface area contributed by atoms with Crippen LogP contribution in [0.15, 0.2) is 36.5 Å². The average Bonchev–Trinajstić information content (AvgIpc) is 3.36. The predicted octanol–water partition coefficient (Wildman–Crippen LogP) is 2.34. The first-order valence-electron chi connectivity index (χ1n) is 9.84. The van der Waals surface area contributed by atoms with Gasteiger partial charge < -0.3 is 15.5 Å². The van der Waals surface area contributed by atoms with Gasteiger partial charge in [-0.3, -0.25) is 14.4 Å². The second-order valence-corrected chi connectivity index (χ2v) is 7.34. The molecule has 0 bridgehead atoms. The molecule has 2 aromatic rings. The topological polar surface area (TPSA) is 82.5 Å². The van der Waals surface area contributed by atoms with Crippen LogP contribution in [-0.4, -0.2) is 47.4 Å². The molecule has 2 aliphatic heterocycles. The van der Waals surface area contributed by atoms with Gasteiger partial charge in [-0.2, -0.15) is 5.10 Å². The van der Waals surface area contributed by atoms with E-state index >= 15 is 0 Å². The third kappa shape index (κ3) is 3.81. The molecule has 2 saturated heterocycles. The maximum absolute atomic E-state index is 12.8. The van der Waals surface area contributed by atoms with E-state index in [0.717, 1.165) is 30.9 Å². The molecule has 2 fully saturated rings. The fourth-order valence-electron chi connectivity index (χ4n) is 3.91. The number of carbonyl (C=O) groups is 2. The molecule has 28 heavy (non-hydrogen) atoms. The van der Waals surface area contributed by atoms with Crippen molar-refractivity contribution < 1.29 is 9.59 Å². The van der Waals surface area contributed by atoms with Crippen LogP contribution in [0.3, 0.4) is 0 Å². The number of piperidine rings is 1. The van der Waals surface area contributed by atoms with E-state index in [2.05, 4.69) is 20.6 Å². The lowest BCUT2D eigenvalue weighted by atomic mass is 10.1. The normalized spacial score (nSPS) is 19.8. The van der Waals surface area contributed by atoms with Crippen LogP contribution in [0.25, 0.3) is 0 Å². The van der Waals surface area contributed by atoms with E-state index < -0.39 is 6.04 Å². The van der Waals surface area contributed by atoms with Crippen LogP contribution in [0, 0.1) is 0 Å². The second kappa shape index (κ2) is 7.92. The predicted molar refractivity (Wildman–Crippen MR) is 109 cm³/mol. The highest BCUT2D eigenvalue weighted by Crippen LogP contribution is 2.28. The number of nitrogens with zero attached hydrogens (tertiary/aromatic N) is 4. The van der Waals surface area contributed by atoms with Crippen LogP contribution in [-0.2, 0) is 11.8 Å². The van der Waals surface area contributed by atoms with Crippen LogP contribution < -0.4 is 20.4 Å². The largest absolute Gasteiger partial charge is 0.370 e. The van der Waals surface area contributed by atoms with Crippen LogP contribution in [0.1, 0.15) is 25.7 Å². The van der Waals surface area contributed by atoms with Crippen molar-refractivity contribution in [1.29, 1.82) is 0 Å². The zero-order valence-electron chi connectivity index (χ0n) is 16.1. The Morgan fingerprint density at radius 3 is 2.64 bits per heavy atom. The zero-order valence-corrected chi connectivity index (χ0v) is 16.1. The Bertz CT molecular complexity index is 858. The number of aryl methyl sites for hydroxylation is 1. The molecule has 2 N–H and O–H groups in total. The van der Waals surface area contributed by atoms with Gasteiger partial charge in [-0.05, 0) is 37.8 Å². The van der Waals surface area contributed by atoms with Crippen LogP contribution in [0.4, 0.5) is 22.0 Å². The summed E-state index contributed by atoms with van der Waals surface area (Å²) < 4.78 is 1.67. The van der Waals surface area contributed by atoms with Crippen LogP contribution in [0.5, 0.6) is 0 Å². The molecule has 0 aliphatic carbocycles. The fourth-order valence-corrected chi connectivity index (χ4v) is 3.91. The quantitative estimate of drug-likeness (QED) is 0.850. The van der Waals surface area contributed by atoms with Crippen LogP contribution in [0.2, 0.25) is 0 Å². The monoisotopic (exact) mass is 382 g/mol. The summed E-state index contributed by atoms with van der Waals surface area (Å²) >= 11 is 0. The van der Waals surface area contributed by atoms with Gasteiger partial charge in [-0.15, -0.1) is 0 Å². The summed E-state index contributed by atoms with van der Waals surface area (Å²) in [7, 11) is 1.82. The molecule has 1 aromatic heterocycles. The number of anilines is 3. The Kier molecular flexibility index (Phi) is 5.18. The summed E-state index contributed by atoms with van der Waals surface area (Å²) in [6, 6.07) is 8.72. The van der Waals surface area contributed by atoms with Gasteiger partial charge in [0.15, 0.2) is 5.82 Å². The molecule has 1 atom stereocenters. The molecule has 0 saturated carbocycles. The Hall–Kier alpha value is -3.03. The number of rotatable bonds is 4. The van der Waals surface area contributed by atoms with Gasteiger partial charge in [-0.1, -0.05) is 12.1 Å². The molecule has 1 unspecified atom stereocenters. The van der Waals surface area contributed by atoms with Crippen molar-refractivity contribution in [3.8, 4) is 0 Å². The van der Waals surface area contributed by atoms with Gasteiger partial charge in [0.1, 0.15) is 6.04 Å². The van der Waals surface area contributed by atoms with E-state index in [4.69, 9.17) is 0 Å². The number of para-hydroxylation sites is 2. The third-order valence-corrected chi connectivity index (χ3v) is 5.32. The summed E-state index contributed by atoms with van der Waals surface area (Å²) in [6.45, 7) is 2.62. The van der Waals surface area contributed by atoms with Gasteiger partial charge in [0.25, 0.3) is 5.91 Å². The Morgan fingerprint density at radius 1 is 1.11 bits per heavy atom. The smallest absolute Gasteiger partial charge is 0.319 e. The molecule has 1 aromatic carbocycles. The summed E-state index contributed by atoms with van der Waals surface area (Å²) in [4.78, 5) is 29.4. The van der Waals surface area contributed by atoms with Crippen LogP contribution >= 0.6 is 0 Å². The zero-order chi connectivity index (χ0) is 19.5.